The summed E-state index contributed by atoms with van der Waals surface area (Å²) < 4.78 is 0. The average molecular weight is 246 g/mol. The van der Waals surface area contributed by atoms with Gasteiger partial charge in [-0.05, 0) is 0 Å². The SMILES string of the molecule is CCN(C)N(CC)C(CO)CNC(=O)CCN. The van der Waals surface area contributed by atoms with Gasteiger partial charge >= 0.3 is 0 Å². The van der Waals surface area contributed by atoms with Gasteiger partial charge in [-0.15, -0.1) is 0 Å². The van der Waals surface area contributed by atoms with E-state index in [-0.39, 0.29) is 18.6 Å². The molecule has 1 amide bonds. The van der Waals surface area contributed by atoms with Crippen LogP contribution in [0.1, 0.15) is 20.3 Å². The fraction of sp³-hybridized carbons (Fsp3) is 0.909. The van der Waals surface area contributed by atoms with E-state index in [4.69, 9.17) is 5.73 Å². The van der Waals surface area contributed by atoms with E-state index in [1.54, 1.807) is 0 Å². The Kier molecular flexibility index (Phi) is 8.97. The number of hydrogen-bond acceptors (Lipinski definition) is 5. The minimum atomic E-state index is -0.0910. The molecule has 4 N–H and O–H groups in total. The quantitative estimate of drug-likeness (QED) is 0.455. The molecule has 6 nitrogen and oxygen atoms in total. The molecule has 0 heterocycles. The van der Waals surface area contributed by atoms with Crippen molar-refractivity contribution in [2.75, 3.05) is 39.8 Å². The molecule has 0 aliphatic carbocycles. The predicted octanol–water partition coefficient (Wildman–Crippen LogP) is -0.999. The van der Waals surface area contributed by atoms with Gasteiger partial charge in [-0.1, -0.05) is 13.8 Å². The second-order valence-corrected chi connectivity index (χ2v) is 3.91. The summed E-state index contributed by atoms with van der Waals surface area (Å²) in [5.41, 5.74) is 5.30. The lowest BCUT2D eigenvalue weighted by molar-refractivity contribution is -0.122. The van der Waals surface area contributed by atoms with Crippen molar-refractivity contribution in [2.45, 2.75) is 26.3 Å². The second-order valence-electron chi connectivity index (χ2n) is 3.91. The van der Waals surface area contributed by atoms with Crippen molar-refractivity contribution in [2.24, 2.45) is 5.73 Å². The van der Waals surface area contributed by atoms with Crippen LogP contribution < -0.4 is 11.1 Å². The number of hydrazine groups is 1. The molecule has 1 unspecified atom stereocenters. The number of nitrogens with zero attached hydrogens (tertiary/aromatic N) is 2. The standard InChI is InChI=1S/C11H26N4O2/c1-4-14(3)15(5-2)10(9-16)8-13-11(17)6-7-12/h10,16H,4-9,12H2,1-3H3,(H,13,17). The largest absolute Gasteiger partial charge is 0.395 e. The molecule has 0 spiro atoms. The fourth-order valence-corrected chi connectivity index (χ4v) is 1.68. The fourth-order valence-electron chi connectivity index (χ4n) is 1.68. The minimum absolute atomic E-state index is 0.0150. The first kappa shape index (κ1) is 16.3. The summed E-state index contributed by atoms with van der Waals surface area (Å²) in [6.45, 7) is 6.53. The zero-order chi connectivity index (χ0) is 13.3. The smallest absolute Gasteiger partial charge is 0.221 e. The highest BCUT2D eigenvalue weighted by atomic mass is 16.3. The average Bonchev–Trinajstić information content (AvgIpc) is 2.33. The molecule has 0 saturated carbocycles. The molecule has 0 aromatic heterocycles. The molecule has 0 bridgehead atoms. The third kappa shape index (κ3) is 5.97. The van der Waals surface area contributed by atoms with E-state index in [9.17, 15) is 9.90 Å². The van der Waals surface area contributed by atoms with Crippen LogP contribution in [0.2, 0.25) is 0 Å². The number of aliphatic hydroxyl groups is 1. The van der Waals surface area contributed by atoms with Crippen molar-refractivity contribution in [3.8, 4) is 0 Å². The second kappa shape index (κ2) is 9.35. The van der Waals surface area contributed by atoms with Gasteiger partial charge in [0.05, 0.1) is 12.6 Å². The summed E-state index contributed by atoms with van der Waals surface area (Å²) in [5.74, 6) is -0.0684. The molecule has 0 saturated heterocycles. The van der Waals surface area contributed by atoms with Crippen LogP contribution in [0.15, 0.2) is 0 Å². The lowest BCUT2D eigenvalue weighted by atomic mass is 10.2. The van der Waals surface area contributed by atoms with Crippen molar-refractivity contribution in [3.05, 3.63) is 0 Å². The molecule has 6 heteroatoms. The van der Waals surface area contributed by atoms with Gasteiger partial charge in [-0.3, -0.25) is 4.79 Å². The van der Waals surface area contributed by atoms with Crippen molar-refractivity contribution in [1.82, 2.24) is 15.3 Å². The van der Waals surface area contributed by atoms with Gasteiger partial charge in [0, 0.05) is 39.6 Å². The first-order valence-electron chi connectivity index (χ1n) is 6.15. The van der Waals surface area contributed by atoms with Gasteiger partial charge in [-0.25, -0.2) is 10.0 Å². The van der Waals surface area contributed by atoms with E-state index in [0.29, 0.717) is 19.5 Å². The molecular formula is C11H26N4O2. The van der Waals surface area contributed by atoms with Gasteiger partial charge < -0.3 is 16.2 Å². The molecule has 0 aromatic carbocycles. The third-order valence-corrected chi connectivity index (χ3v) is 2.76. The van der Waals surface area contributed by atoms with Crippen molar-refractivity contribution < 1.29 is 9.90 Å². The summed E-state index contributed by atoms with van der Waals surface area (Å²) in [4.78, 5) is 11.3. The van der Waals surface area contributed by atoms with Crippen molar-refractivity contribution in [1.29, 1.82) is 0 Å². The zero-order valence-corrected chi connectivity index (χ0v) is 11.1. The van der Waals surface area contributed by atoms with E-state index in [0.717, 1.165) is 13.1 Å². The lowest BCUT2D eigenvalue weighted by Crippen LogP contribution is -2.52. The maximum Gasteiger partial charge on any atom is 0.221 e. The van der Waals surface area contributed by atoms with Crippen LogP contribution in [0.5, 0.6) is 0 Å². The van der Waals surface area contributed by atoms with Crippen LogP contribution in [0, 0.1) is 0 Å². The number of rotatable bonds is 9. The van der Waals surface area contributed by atoms with Gasteiger partial charge in [0.15, 0.2) is 0 Å². The maximum absolute atomic E-state index is 11.3. The van der Waals surface area contributed by atoms with Crippen LogP contribution in [0.3, 0.4) is 0 Å². The number of amides is 1. The van der Waals surface area contributed by atoms with Gasteiger partial charge in [0.25, 0.3) is 0 Å². The van der Waals surface area contributed by atoms with Crippen LogP contribution in [-0.2, 0) is 4.79 Å². The van der Waals surface area contributed by atoms with Crippen LogP contribution in [0.4, 0.5) is 0 Å². The number of carbonyl (C=O) groups excluding carboxylic acids is 1. The maximum atomic E-state index is 11.3. The van der Waals surface area contributed by atoms with E-state index in [2.05, 4.69) is 5.32 Å². The Bertz CT molecular complexity index is 214. The van der Waals surface area contributed by atoms with Gasteiger partial charge in [0.1, 0.15) is 0 Å². The molecule has 0 aromatic rings. The normalized spacial score (nSPS) is 13.1. The van der Waals surface area contributed by atoms with E-state index >= 15 is 0 Å². The Hall–Kier alpha value is -0.690. The van der Waals surface area contributed by atoms with Crippen LogP contribution in [0.25, 0.3) is 0 Å². The summed E-state index contributed by atoms with van der Waals surface area (Å²) in [6, 6.07) is -0.0910. The molecule has 0 rings (SSSR count). The Morgan fingerprint density at radius 1 is 1.41 bits per heavy atom. The predicted molar refractivity (Wildman–Crippen MR) is 68.2 cm³/mol. The first-order valence-corrected chi connectivity index (χ1v) is 6.15. The highest BCUT2D eigenvalue weighted by Crippen LogP contribution is 2.02. The van der Waals surface area contributed by atoms with Crippen LogP contribution in [-0.4, -0.2) is 66.9 Å². The van der Waals surface area contributed by atoms with Crippen LogP contribution >= 0.6 is 0 Å². The third-order valence-electron chi connectivity index (χ3n) is 2.76. The molecule has 0 radical (unpaired) electrons. The highest BCUT2D eigenvalue weighted by molar-refractivity contribution is 5.76. The summed E-state index contributed by atoms with van der Waals surface area (Å²) in [6.07, 6.45) is 0.327. The topological polar surface area (TPSA) is 81.8 Å². The Morgan fingerprint density at radius 3 is 2.47 bits per heavy atom. The first-order chi connectivity index (χ1) is 8.10. The number of nitrogens with two attached hydrogens (primary N) is 1. The number of likely N-dealkylation sites (N-methyl/N-ethyl adjacent to an activating group) is 1. The van der Waals surface area contributed by atoms with E-state index in [1.165, 1.54) is 0 Å². The van der Waals surface area contributed by atoms with E-state index in [1.807, 2.05) is 30.9 Å². The van der Waals surface area contributed by atoms with Crippen molar-refractivity contribution in [3.63, 3.8) is 0 Å². The minimum Gasteiger partial charge on any atom is -0.395 e. The number of hydrogen-bond donors (Lipinski definition) is 3. The molecule has 102 valence electrons. The molecule has 0 aliphatic rings. The highest BCUT2D eigenvalue weighted by Gasteiger charge is 2.19. The molecular weight excluding hydrogens is 220 g/mol. The Balaban J connectivity index is 4.24. The van der Waals surface area contributed by atoms with Gasteiger partial charge in [-0.2, -0.15) is 0 Å². The molecule has 17 heavy (non-hydrogen) atoms. The Morgan fingerprint density at radius 2 is 2.06 bits per heavy atom. The summed E-state index contributed by atoms with van der Waals surface area (Å²) in [5, 5.41) is 16.2. The summed E-state index contributed by atoms with van der Waals surface area (Å²) in [7, 11) is 1.97. The number of nitrogens with one attached hydrogen (secondary N) is 1. The number of carbonyl (C=O) groups is 1. The summed E-state index contributed by atoms with van der Waals surface area (Å²) >= 11 is 0. The molecule has 0 fully saturated rings. The number of aliphatic hydroxyl groups excluding tert-OH is 1. The van der Waals surface area contributed by atoms with E-state index < -0.39 is 0 Å². The van der Waals surface area contributed by atoms with Crippen molar-refractivity contribution >= 4 is 5.91 Å². The lowest BCUT2D eigenvalue weighted by Gasteiger charge is -2.36. The van der Waals surface area contributed by atoms with Gasteiger partial charge in [0.2, 0.25) is 5.91 Å². The Labute approximate surface area is 104 Å². The molecule has 0 aliphatic heterocycles. The zero-order valence-electron chi connectivity index (χ0n) is 11.1. The molecule has 1 atom stereocenters. The monoisotopic (exact) mass is 246 g/mol.